The SMILES string of the molecule is CC(C)NC(=O)CCOc1ccc2c(c1)CCC2N. The molecule has 1 atom stereocenters. The van der Waals surface area contributed by atoms with Gasteiger partial charge in [-0.05, 0) is 49.9 Å². The van der Waals surface area contributed by atoms with Gasteiger partial charge >= 0.3 is 0 Å². The predicted octanol–water partition coefficient (Wildman–Crippen LogP) is 1.93. The molecular formula is C15H22N2O2. The van der Waals surface area contributed by atoms with Crippen LogP contribution in [0.2, 0.25) is 0 Å². The Kier molecular flexibility index (Phi) is 4.43. The van der Waals surface area contributed by atoms with Gasteiger partial charge in [-0.1, -0.05) is 6.07 Å². The topological polar surface area (TPSA) is 64.3 Å². The summed E-state index contributed by atoms with van der Waals surface area (Å²) in [6.07, 6.45) is 2.41. The number of nitrogens with one attached hydrogen (secondary N) is 1. The number of carbonyl (C=O) groups excluding carboxylic acids is 1. The molecule has 19 heavy (non-hydrogen) atoms. The zero-order chi connectivity index (χ0) is 13.8. The third kappa shape index (κ3) is 3.70. The molecule has 0 aliphatic heterocycles. The third-order valence-corrected chi connectivity index (χ3v) is 3.29. The lowest BCUT2D eigenvalue weighted by atomic mass is 10.1. The van der Waals surface area contributed by atoms with Crippen molar-refractivity contribution >= 4 is 5.91 Å². The Bertz CT molecular complexity index is 457. The molecule has 4 nitrogen and oxygen atoms in total. The highest BCUT2D eigenvalue weighted by molar-refractivity contribution is 5.76. The number of hydrogen-bond donors (Lipinski definition) is 2. The normalized spacial score (nSPS) is 17.4. The van der Waals surface area contributed by atoms with Crippen LogP contribution >= 0.6 is 0 Å². The van der Waals surface area contributed by atoms with Crippen LogP contribution < -0.4 is 15.8 Å². The third-order valence-electron chi connectivity index (χ3n) is 3.29. The summed E-state index contributed by atoms with van der Waals surface area (Å²) in [7, 11) is 0. The molecule has 0 fully saturated rings. The molecule has 1 amide bonds. The summed E-state index contributed by atoms with van der Waals surface area (Å²) in [5.74, 6) is 0.850. The van der Waals surface area contributed by atoms with Gasteiger partial charge < -0.3 is 15.8 Å². The molecule has 1 unspecified atom stereocenters. The molecule has 0 heterocycles. The van der Waals surface area contributed by atoms with Gasteiger partial charge in [-0.3, -0.25) is 4.79 Å². The smallest absolute Gasteiger partial charge is 0.223 e. The van der Waals surface area contributed by atoms with E-state index in [1.807, 2.05) is 32.0 Å². The quantitative estimate of drug-likeness (QED) is 0.852. The second-order valence-corrected chi connectivity index (χ2v) is 5.33. The van der Waals surface area contributed by atoms with Crippen molar-refractivity contribution in [1.29, 1.82) is 0 Å². The molecule has 0 radical (unpaired) electrons. The number of benzene rings is 1. The first-order valence-corrected chi connectivity index (χ1v) is 6.87. The standard InChI is InChI=1S/C15H22N2O2/c1-10(2)17-15(18)7-8-19-12-4-5-13-11(9-12)3-6-14(13)16/h4-5,9-10,14H,3,6-8,16H2,1-2H3,(H,17,18). The zero-order valence-corrected chi connectivity index (χ0v) is 11.6. The fourth-order valence-electron chi connectivity index (χ4n) is 2.37. The summed E-state index contributed by atoms with van der Waals surface area (Å²) in [4.78, 5) is 11.5. The van der Waals surface area contributed by atoms with E-state index in [1.165, 1.54) is 11.1 Å². The number of aryl methyl sites for hydroxylation is 1. The van der Waals surface area contributed by atoms with Gasteiger partial charge in [0, 0.05) is 12.1 Å². The van der Waals surface area contributed by atoms with Crippen molar-refractivity contribution in [1.82, 2.24) is 5.32 Å². The Morgan fingerprint density at radius 1 is 1.53 bits per heavy atom. The Morgan fingerprint density at radius 3 is 3.05 bits per heavy atom. The highest BCUT2D eigenvalue weighted by Gasteiger charge is 2.19. The van der Waals surface area contributed by atoms with Crippen LogP contribution in [0.25, 0.3) is 0 Å². The van der Waals surface area contributed by atoms with E-state index >= 15 is 0 Å². The van der Waals surface area contributed by atoms with E-state index in [9.17, 15) is 4.79 Å². The van der Waals surface area contributed by atoms with Crippen molar-refractivity contribution < 1.29 is 9.53 Å². The molecule has 0 aromatic heterocycles. The van der Waals surface area contributed by atoms with Crippen molar-refractivity contribution in [2.45, 2.75) is 45.2 Å². The van der Waals surface area contributed by atoms with Crippen LogP contribution in [0, 0.1) is 0 Å². The first kappa shape index (κ1) is 13.9. The first-order chi connectivity index (χ1) is 9.06. The van der Waals surface area contributed by atoms with Gasteiger partial charge in [-0.25, -0.2) is 0 Å². The summed E-state index contributed by atoms with van der Waals surface area (Å²) in [5.41, 5.74) is 8.49. The van der Waals surface area contributed by atoms with Crippen LogP contribution in [-0.2, 0) is 11.2 Å². The average molecular weight is 262 g/mol. The highest BCUT2D eigenvalue weighted by atomic mass is 16.5. The minimum absolute atomic E-state index is 0.0261. The van der Waals surface area contributed by atoms with Crippen molar-refractivity contribution in [2.75, 3.05) is 6.61 Å². The van der Waals surface area contributed by atoms with Gasteiger partial charge in [-0.15, -0.1) is 0 Å². The largest absolute Gasteiger partial charge is 0.493 e. The van der Waals surface area contributed by atoms with Crippen LogP contribution in [0.4, 0.5) is 0 Å². The Balaban J connectivity index is 1.83. The Hall–Kier alpha value is -1.55. The molecule has 1 aromatic rings. The fourth-order valence-corrected chi connectivity index (χ4v) is 2.37. The maximum Gasteiger partial charge on any atom is 0.223 e. The molecule has 1 aliphatic carbocycles. The van der Waals surface area contributed by atoms with Gasteiger partial charge in [0.15, 0.2) is 0 Å². The van der Waals surface area contributed by atoms with Gasteiger partial charge in [0.25, 0.3) is 0 Å². The van der Waals surface area contributed by atoms with Gasteiger partial charge in [0.2, 0.25) is 5.91 Å². The van der Waals surface area contributed by atoms with Crippen molar-refractivity contribution in [2.24, 2.45) is 5.73 Å². The Labute approximate surface area is 114 Å². The average Bonchev–Trinajstić information content (AvgIpc) is 2.70. The van der Waals surface area contributed by atoms with Crippen molar-refractivity contribution in [3.05, 3.63) is 29.3 Å². The number of fused-ring (bicyclic) bond motifs is 1. The van der Waals surface area contributed by atoms with Crippen LogP contribution in [0.1, 0.15) is 43.9 Å². The van der Waals surface area contributed by atoms with E-state index in [1.54, 1.807) is 0 Å². The van der Waals surface area contributed by atoms with E-state index in [2.05, 4.69) is 5.32 Å². The van der Waals surface area contributed by atoms with E-state index in [0.29, 0.717) is 13.0 Å². The van der Waals surface area contributed by atoms with E-state index in [4.69, 9.17) is 10.5 Å². The first-order valence-electron chi connectivity index (χ1n) is 6.87. The Morgan fingerprint density at radius 2 is 2.32 bits per heavy atom. The van der Waals surface area contributed by atoms with E-state index in [0.717, 1.165) is 18.6 Å². The van der Waals surface area contributed by atoms with Crippen LogP contribution in [0.5, 0.6) is 5.75 Å². The van der Waals surface area contributed by atoms with Crippen LogP contribution in [-0.4, -0.2) is 18.6 Å². The second-order valence-electron chi connectivity index (χ2n) is 5.33. The van der Waals surface area contributed by atoms with E-state index < -0.39 is 0 Å². The number of carbonyl (C=O) groups is 1. The minimum atomic E-state index is 0.0261. The van der Waals surface area contributed by atoms with Gasteiger partial charge in [-0.2, -0.15) is 0 Å². The number of amides is 1. The van der Waals surface area contributed by atoms with Gasteiger partial charge in [0.1, 0.15) is 5.75 Å². The van der Waals surface area contributed by atoms with Gasteiger partial charge in [0.05, 0.1) is 13.0 Å². The van der Waals surface area contributed by atoms with E-state index in [-0.39, 0.29) is 18.0 Å². The molecule has 3 N–H and O–H groups in total. The van der Waals surface area contributed by atoms with Crippen LogP contribution in [0.3, 0.4) is 0 Å². The molecule has 4 heteroatoms. The lowest BCUT2D eigenvalue weighted by Crippen LogP contribution is -2.31. The minimum Gasteiger partial charge on any atom is -0.493 e. The lowest BCUT2D eigenvalue weighted by Gasteiger charge is -2.10. The molecular weight excluding hydrogens is 240 g/mol. The summed E-state index contributed by atoms with van der Waals surface area (Å²) in [6.45, 7) is 4.30. The zero-order valence-electron chi connectivity index (χ0n) is 11.6. The summed E-state index contributed by atoms with van der Waals surface area (Å²) < 4.78 is 5.62. The molecule has 0 saturated heterocycles. The van der Waals surface area contributed by atoms with Crippen molar-refractivity contribution in [3.63, 3.8) is 0 Å². The molecule has 1 aromatic carbocycles. The predicted molar refractivity (Wildman–Crippen MR) is 75.1 cm³/mol. The number of hydrogen-bond acceptors (Lipinski definition) is 3. The molecule has 1 aliphatic rings. The molecule has 0 bridgehead atoms. The summed E-state index contributed by atoms with van der Waals surface area (Å²) in [6, 6.07) is 6.36. The monoisotopic (exact) mass is 262 g/mol. The van der Waals surface area contributed by atoms with Crippen LogP contribution in [0.15, 0.2) is 18.2 Å². The maximum atomic E-state index is 11.5. The number of nitrogens with two attached hydrogens (primary N) is 1. The maximum absolute atomic E-state index is 11.5. The summed E-state index contributed by atoms with van der Waals surface area (Å²) in [5, 5.41) is 2.84. The van der Waals surface area contributed by atoms with Crippen molar-refractivity contribution in [3.8, 4) is 5.75 Å². The second kappa shape index (κ2) is 6.06. The molecule has 2 rings (SSSR count). The number of ether oxygens (including phenoxy) is 1. The highest BCUT2D eigenvalue weighted by Crippen LogP contribution is 2.31. The number of rotatable bonds is 5. The molecule has 104 valence electrons. The lowest BCUT2D eigenvalue weighted by molar-refractivity contribution is -0.122. The summed E-state index contributed by atoms with van der Waals surface area (Å²) >= 11 is 0. The molecule has 0 spiro atoms. The molecule has 0 saturated carbocycles. The fraction of sp³-hybridized carbons (Fsp3) is 0.533.